The first-order valence-electron chi connectivity index (χ1n) is 9.02. The van der Waals surface area contributed by atoms with Gasteiger partial charge in [-0.15, -0.1) is 35.9 Å². The number of hydrogen-bond acceptors (Lipinski definition) is 4. The minimum absolute atomic E-state index is 0. The second kappa shape index (κ2) is 12.5. The molecular weight excluding hydrogens is 422 g/mol. The Bertz CT molecular complexity index is 741. The summed E-state index contributed by atoms with van der Waals surface area (Å²) in [4.78, 5) is 0. The minimum Gasteiger partial charge on any atom is -0.239 e. The van der Waals surface area contributed by atoms with Crippen LogP contribution in [0.25, 0.3) is 0 Å². The van der Waals surface area contributed by atoms with E-state index >= 15 is 0 Å². The Morgan fingerprint density at radius 1 is 0.607 bits per heavy atom. The molecule has 0 atom stereocenters. The molecule has 0 heterocycles. The first kappa shape index (κ1) is 23.2. The third-order valence-corrected chi connectivity index (χ3v) is 8.31. The monoisotopic (exact) mass is 447 g/mol. The van der Waals surface area contributed by atoms with Crippen LogP contribution < -0.4 is 4.72 Å². The summed E-state index contributed by atoms with van der Waals surface area (Å²) in [5.41, 5.74) is 4.08. The van der Waals surface area contributed by atoms with Crippen molar-refractivity contribution in [2.24, 2.45) is 0 Å². The smallest absolute Gasteiger partial charge is 0.118 e. The molecule has 0 fully saturated rings. The lowest BCUT2D eigenvalue weighted by Crippen LogP contribution is -2.31. The van der Waals surface area contributed by atoms with Gasteiger partial charge in [-0.05, 0) is 23.6 Å². The third kappa shape index (κ3) is 8.14. The molecule has 0 bridgehead atoms. The molecule has 148 valence electrons. The maximum atomic E-state index is 3.73. The van der Waals surface area contributed by atoms with Gasteiger partial charge in [-0.1, -0.05) is 103 Å². The zero-order chi connectivity index (χ0) is 18.8. The first-order valence-corrected chi connectivity index (χ1v) is 12.0. The van der Waals surface area contributed by atoms with Crippen LogP contribution in [0.2, 0.25) is 0 Å². The Labute approximate surface area is 188 Å². The van der Waals surface area contributed by atoms with E-state index in [9.17, 15) is 0 Å². The van der Waals surface area contributed by atoms with E-state index in [1.165, 1.54) is 16.7 Å². The Morgan fingerprint density at radius 3 is 1.36 bits per heavy atom. The highest BCUT2D eigenvalue weighted by atomic mass is 35.5. The molecule has 28 heavy (non-hydrogen) atoms. The van der Waals surface area contributed by atoms with Gasteiger partial charge >= 0.3 is 0 Å². The van der Waals surface area contributed by atoms with E-state index in [1.807, 2.05) is 23.5 Å². The van der Waals surface area contributed by atoms with E-state index in [1.54, 1.807) is 11.9 Å². The summed E-state index contributed by atoms with van der Waals surface area (Å²) in [5.74, 6) is 2.96. The summed E-state index contributed by atoms with van der Waals surface area (Å²) in [5, 5.41) is 0. The molecule has 0 saturated heterocycles. The van der Waals surface area contributed by atoms with Crippen molar-refractivity contribution in [2.75, 3.05) is 0 Å². The van der Waals surface area contributed by atoms with Gasteiger partial charge in [-0.25, -0.2) is 4.72 Å². The predicted molar refractivity (Wildman–Crippen MR) is 132 cm³/mol. The predicted octanol–water partition coefficient (Wildman–Crippen LogP) is 7.39. The summed E-state index contributed by atoms with van der Waals surface area (Å²) in [6.45, 7) is 2.30. The van der Waals surface area contributed by atoms with E-state index in [2.05, 4.69) is 103 Å². The molecule has 5 heteroatoms. The highest BCUT2D eigenvalue weighted by Crippen LogP contribution is 2.40. The molecule has 0 aliphatic heterocycles. The lowest BCUT2D eigenvalue weighted by molar-refractivity contribution is 0.880. The van der Waals surface area contributed by atoms with Crippen LogP contribution in [0, 0.1) is 0 Å². The molecule has 3 aromatic carbocycles. The van der Waals surface area contributed by atoms with Gasteiger partial charge < -0.3 is 0 Å². The molecule has 0 aromatic heterocycles. The summed E-state index contributed by atoms with van der Waals surface area (Å²) >= 11 is 5.72. The van der Waals surface area contributed by atoms with Crippen molar-refractivity contribution in [3.63, 3.8) is 0 Å². The maximum Gasteiger partial charge on any atom is 0.118 e. The van der Waals surface area contributed by atoms with Crippen LogP contribution in [-0.2, 0) is 17.3 Å². The van der Waals surface area contributed by atoms with Crippen molar-refractivity contribution < 1.29 is 0 Å². The molecule has 0 aliphatic rings. The molecule has 3 rings (SSSR count). The fourth-order valence-corrected chi connectivity index (χ4v) is 5.99. The van der Waals surface area contributed by atoms with Crippen molar-refractivity contribution in [3.8, 4) is 0 Å². The normalized spacial score (nSPS) is 11.0. The number of nitrogens with one attached hydrogen (secondary N) is 1. The first-order chi connectivity index (χ1) is 13.2. The topological polar surface area (TPSA) is 12.0 Å². The number of hydrogen-bond donors (Lipinski definition) is 1. The van der Waals surface area contributed by atoms with Crippen molar-refractivity contribution in [1.29, 1.82) is 0 Å². The van der Waals surface area contributed by atoms with Crippen LogP contribution in [0.1, 0.15) is 23.6 Å². The molecule has 0 amide bonds. The van der Waals surface area contributed by atoms with Gasteiger partial charge in [0.2, 0.25) is 0 Å². The lowest BCUT2D eigenvalue weighted by Gasteiger charge is -2.29. The Kier molecular flexibility index (Phi) is 10.4. The van der Waals surface area contributed by atoms with Crippen LogP contribution in [0.3, 0.4) is 0 Å². The summed E-state index contributed by atoms with van der Waals surface area (Å²) in [6, 6.07) is 32.0. The van der Waals surface area contributed by atoms with E-state index in [-0.39, 0.29) is 16.6 Å². The largest absolute Gasteiger partial charge is 0.239 e. The van der Waals surface area contributed by atoms with Crippen LogP contribution in [0.5, 0.6) is 0 Å². The summed E-state index contributed by atoms with van der Waals surface area (Å²) in [6.07, 6.45) is 0. The molecule has 3 aromatic rings. The van der Waals surface area contributed by atoms with Crippen LogP contribution in [-0.4, -0.2) is 4.20 Å². The SMILES string of the molecule is CC(NSCc1ccccc1)(SCc1ccccc1)SCc1ccccc1.Cl. The number of halogens is 1. The summed E-state index contributed by atoms with van der Waals surface area (Å²) in [7, 11) is 0. The van der Waals surface area contributed by atoms with Gasteiger partial charge in [0.1, 0.15) is 4.20 Å². The van der Waals surface area contributed by atoms with Gasteiger partial charge in [0, 0.05) is 17.3 Å². The number of benzene rings is 3. The van der Waals surface area contributed by atoms with E-state index in [0.717, 1.165) is 17.3 Å². The Hall–Kier alpha value is -1.04. The fraction of sp³-hybridized carbons (Fsp3) is 0.217. The van der Waals surface area contributed by atoms with Gasteiger partial charge in [-0.2, -0.15) is 0 Å². The van der Waals surface area contributed by atoms with Crippen LogP contribution in [0.15, 0.2) is 91.0 Å². The number of thioether (sulfide) groups is 2. The van der Waals surface area contributed by atoms with Crippen molar-refractivity contribution in [3.05, 3.63) is 108 Å². The lowest BCUT2D eigenvalue weighted by atomic mass is 10.2. The van der Waals surface area contributed by atoms with E-state index in [0.29, 0.717) is 0 Å². The Morgan fingerprint density at radius 2 is 0.964 bits per heavy atom. The molecule has 0 spiro atoms. The maximum absolute atomic E-state index is 3.73. The molecule has 0 aliphatic carbocycles. The third-order valence-electron chi connectivity index (χ3n) is 4.05. The van der Waals surface area contributed by atoms with Crippen molar-refractivity contribution in [1.82, 2.24) is 4.72 Å². The van der Waals surface area contributed by atoms with Gasteiger partial charge in [0.15, 0.2) is 0 Å². The molecular formula is C23H26ClNS3. The molecule has 0 saturated carbocycles. The highest BCUT2D eigenvalue weighted by molar-refractivity contribution is 8.18. The zero-order valence-corrected chi connectivity index (χ0v) is 19.2. The highest BCUT2D eigenvalue weighted by Gasteiger charge is 2.25. The second-order valence-corrected chi connectivity index (χ2v) is 10.2. The Balaban J connectivity index is 0.00000280. The van der Waals surface area contributed by atoms with Crippen molar-refractivity contribution in [2.45, 2.75) is 28.4 Å². The van der Waals surface area contributed by atoms with Gasteiger partial charge in [0.25, 0.3) is 0 Å². The van der Waals surface area contributed by atoms with Gasteiger partial charge in [-0.3, -0.25) is 0 Å². The molecule has 1 nitrogen and oxygen atoms in total. The van der Waals surface area contributed by atoms with E-state index in [4.69, 9.17) is 0 Å². The average molecular weight is 448 g/mol. The molecule has 0 radical (unpaired) electrons. The van der Waals surface area contributed by atoms with Crippen LogP contribution in [0.4, 0.5) is 0 Å². The quantitative estimate of drug-likeness (QED) is 0.256. The average Bonchev–Trinajstić information content (AvgIpc) is 2.73. The van der Waals surface area contributed by atoms with E-state index < -0.39 is 0 Å². The van der Waals surface area contributed by atoms with Crippen LogP contribution >= 0.6 is 47.9 Å². The standard InChI is InChI=1S/C23H25NS3.ClH/c1-23(25-17-20-11-5-2-6-12-20,26-18-21-13-7-3-8-14-21)24-27-19-22-15-9-4-10-16-22;/h2-16,24H,17-19H2,1H3;1H. The fourth-order valence-electron chi connectivity index (χ4n) is 2.52. The van der Waals surface area contributed by atoms with Gasteiger partial charge in [0.05, 0.1) is 0 Å². The van der Waals surface area contributed by atoms with Crippen molar-refractivity contribution >= 4 is 47.9 Å². The second-order valence-electron chi connectivity index (χ2n) is 6.37. The zero-order valence-electron chi connectivity index (χ0n) is 15.9. The minimum atomic E-state index is -0.0644. The molecule has 0 unspecified atom stereocenters. The number of rotatable bonds is 10. The summed E-state index contributed by atoms with van der Waals surface area (Å²) < 4.78 is 3.66. The molecule has 1 N–H and O–H groups in total.